The van der Waals surface area contributed by atoms with Crippen molar-refractivity contribution in [3.05, 3.63) is 59.1 Å². The summed E-state index contributed by atoms with van der Waals surface area (Å²) in [5.41, 5.74) is 6.89. The fourth-order valence-corrected chi connectivity index (χ4v) is 2.44. The van der Waals surface area contributed by atoms with Gasteiger partial charge in [-0.05, 0) is 22.9 Å². The van der Waals surface area contributed by atoms with E-state index in [9.17, 15) is 4.79 Å². The minimum atomic E-state index is -0.336. The van der Waals surface area contributed by atoms with Crippen molar-refractivity contribution in [1.29, 1.82) is 0 Å². The van der Waals surface area contributed by atoms with Crippen LogP contribution < -0.4 is 11.3 Å². The maximum atomic E-state index is 11.8. The number of imidazole rings is 1. The summed E-state index contributed by atoms with van der Waals surface area (Å²) in [6.07, 6.45) is 1.58. The number of hydrogen-bond acceptors (Lipinski definition) is 4. The summed E-state index contributed by atoms with van der Waals surface area (Å²) >= 11 is 0. The molecule has 0 radical (unpaired) electrons. The molecular weight excluding hydrogens is 266 g/mol. The summed E-state index contributed by atoms with van der Waals surface area (Å²) < 4.78 is 1.76. The average Bonchev–Trinajstić information content (AvgIpc) is 2.91. The van der Waals surface area contributed by atoms with Crippen LogP contribution in [-0.2, 0) is 0 Å². The summed E-state index contributed by atoms with van der Waals surface area (Å²) in [5, 5.41) is 2.26. The molecule has 21 heavy (non-hydrogen) atoms. The second-order valence-electron chi connectivity index (χ2n) is 4.77. The molecule has 0 amide bonds. The third kappa shape index (κ3) is 1.77. The Hall–Kier alpha value is -3.15. The van der Waals surface area contributed by atoms with Crippen molar-refractivity contribution in [3.8, 4) is 5.69 Å². The Morgan fingerprint density at radius 1 is 1.10 bits per heavy atom. The second-order valence-corrected chi connectivity index (χ2v) is 4.77. The van der Waals surface area contributed by atoms with E-state index in [-0.39, 0.29) is 17.0 Å². The molecule has 2 aromatic heterocycles. The molecule has 0 unspecified atom stereocenters. The standard InChI is InChI=1S/C15H11N5O/c16-15-18-13-12(14(21)19-15)17-8-20(13)11-6-5-9-3-1-2-4-10(9)7-11/h1-8H,(H3,16,18,19,21). The first-order valence-corrected chi connectivity index (χ1v) is 6.44. The molecule has 0 aliphatic carbocycles. The number of H-pyrrole nitrogens is 1. The Labute approximate surface area is 118 Å². The lowest BCUT2D eigenvalue weighted by molar-refractivity contribution is 1.06. The minimum absolute atomic E-state index is 0.0787. The van der Waals surface area contributed by atoms with Crippen molar-refractivity contribution >= 4 is 27.9 Å². The lowest BCUT2D eigenvalue weighted by Crippen LogP contribution is -2.11. The predicted octanol–water partition coefficient (Wildman–Crippen LogP) is 1.84. The van der Waals surface area contributed by atoms with Crippen LogP contribution in [0.15, 0.2) is 53.6 Å². The van der Waals surface area contributed by atoms with Gasteiger partial charge in [-0.15, -0.1) is 0 Å². The number of nitrogens with zero attached hydrogens (tertiary/aromatic N) is 3. The van der Waals surface area contributed by atoms with E-state index in [0.717, 1.165) is 16.5 Å². The average molecular weight is 277 g/mol. The smallest absolute Gasteiger partial charge is 0.280 e. The van der Waals surface area contributed by atoms with Crippen molar-refractivity contribution in [2.75, 3.05) is 5.73 Å². The van der Waals surface area contributed by atoms with E-state index >= 15 is 0 Å². The van der Waals surface area contributed by atoms with E-state index in [1.807, 2.05) is 42.5 Å². The summed E-state index contributed by atoms with van der Waals surface area (Å²) in [6, 6.07) is 14.1. The van der Waals surface area contributed by atoms with Crippen LogP contribution in [0.3, 0.4) is 0 Å². The van der Waals surface area contributed by atoms with Crippen molar-refractivity contribution in [2.24, 2.45) is 0 Å². The van der Waals surface area contributed by atoms with Crippen molar-refractivity contribution in [2.45, 2.75) is 0 Å². The first-order valence-electron chi connectivity index (χ1n) is 6.44. The number of nitrogens with two attached hydrogens (primary N) is 1. The molecule has 2 heterocycles. The van der Waals surface area contributed by atoms with Gasteiger partial charge in [-0.3, -0.25) is 14.3 Å². The van der Waals surface area contributed by atoms with Gasteiger partial charge in [0.15, 0.2) is 11.2 Å². The molecule has 0 atom stereocenters. The summed E-state index contributed by atoms with van der Waals surface area (Å²) in [7, 11) is 0. The maximum absolute atomic E-state index is 11.8. The number of nitrogen functional groups attached to an aromatic ring is 1. The topological polar surface area (TPSA) is 89.6 Å². The van der Waals surface area contributed by atoms with Gasteiger partial charge in [-0.2, -0.15) is 4.98 Å². The van der Waals surface area contributed by atoms with Gasteiger partial charge in [-0.1, -0.05) is 30.3 Å². The Kier molecular flexibility index (Phi) is 2.32. The van der Waals surface area contributed by atoms with Gasteiger partial charge in [0, 0.05) is 5.69 Å². The largest absolute Gasteiger partial charge is 0.369 e. The van der Waals surface area contributed by atoms with Crippen LogP contribution in [0.1, 0.15) is 0 Å². The molecule has 6 nitrogen and oxygen atoms in total. The highest BCUT2D eigenvalue weighted by molar-refractivity contribution is 5.85. The first-order chi connectivity index (χ1) is 10.2. The Morgan fingerprint density at radius 2 is 1.90 bits per heavy atom. The van der Waals surface area contributed by atoms with Crippen LogP contribution in [0.4, 0.5) is 5.95 Å². The Balaban J connectivity index is 2.02. The SMILES string of the molecule is Nc1nc2c(ncn2-c2ccc3ccccc3c2)c(=O)[nH]1. The number of hydrogen-bond donors (Lipinski definition) is 2. The molecule has 0 aliphatic rings. The van der Waals surface area contributed by atoms with E-state index in [2.05, 4.69) is 15.0 Å². The van der Waals surface area contributed by atoms with Gasteiger partial charge in [0.1, 0.15) is 6.33 Å². The molecule has 0 fully saturated rings. The first kappa shape index (κ1) is 11.7. The highest BCUT2D eigenvalue weighted by atomic mass is 16.1. The molecule has 0 bridgehead atoms. The van der Waals surface area contributed by atoms with E-state index in [1.54, 1.807) is 10.9 Å². The van der Waals surface area contributed by atoms with Crippen LogP contribution >= 0.6 is 0 Å². The van der Waals surface area contributed by atoms with Crippen molar-refractivity contribution in [3.63, 3.8) is 0 Å². The molecule has 0 saturated heterocycles. The molecule has 6 heteroatoms. The van der Waals surface area contributed by atoms with Crippen LogP contribution in [-0.4, -0.2) is 19.5 Å². The third-order valence-corrected chi connectivity index (χ3v) is 3.44. The second kappa shape index (κ2) is 4.17. The molecule has 0 aliphatic heterocycles. The number of aromatic nitrogens is 4. The lowest BCUT2D eigenvalue weighted by Gasteiger charge is -2.05. The highest BCUT2D eigenvalue weighted by Crippen LogP contribution is 2.20. The van der Waals surface area contributed by atoms with E-state index < -0.39 is 0 Å². The van der Waals surface area contributed by atoms with Gasteiger partial charge < -0.3 is 5.73 Å². The number of aromatic amines is 1. The third-order valence-electron chi connectivity index (χ3n) is 3.44. The van der Waals surface area contributed by atoms with E-state index in [1.165, 1.54) is 0 Å². The van der Waals surface area contributed by atoms with Gasteiger partial charge in [0.25, 0.3) is 5.56 Å². The zero-order valence-electron chi connectivity index (χ0n) is 10.9. The normalized spacial score (nSPS) is 11.2. The molecule has 2 aromatic carbocycles. The van der Waals surface area contributed by atoms with Gasteiger partial charge in [0.2, 0.25) is 5.95 Å². The molecule has 4 rings (SSSR count). The molecule has 0 spiro atoms. The van der Waals surface area contributed by atoms with Crippen LogP contribution in [0.5, 0.6) is 0 Å². The number of anilines is 1. The Bertz CT molecular complexity index is 1030. The Morgan fingerprint density at radius 3 is 2.76 bits per heavy atom. The van der Waals surface area contributed by atoms with Crippen molar-refractivity contribution < 1.29 is 0 Å². The molecule has 102 valence electrons. The van der Waals surface area contributed by atoms with E-state index in [4.69, 9.17) is 5.73 Å². The molecule has 4 aromatic rings. The summed E-state index contributed by atoms with van der Waals surface area (Å²) in [5.74, 6) is 0.0787. The minimum Gasteiger partial charge on any atom is -0.369 e. The zero-order chi connectivity index (χ0) is 14.4. The van der Waals surface area contributed by atoms with Gasteiger partial charge in [0.05, 0.1) is 0 Å². The number of benzene rings is 2. The van der Waals surface area contributed by atoms with Gasteiger partial charge in [-0.25, -0.2) is 4.98 Å². The molecule has 3 N–H and O–H groups in total. The lowest BCUT2D eigenvalue weighted by atomic mass is 10.1. The molecular formula is C15H11N5O. The maximum Gasteiger partial charge on any atom is 0.280 e. The number of fused-ring (bicyclic) bond motifs is 2. The molecule has 0 saturated carbocycles. The predicted molar refractivity (Wildman–Crippen MR) is 81.4 cm³/mol. The summed E-state index contributed by atoms with van der Waals surface area (Å²) in [4.78, 5) is 22.5. The zero-order valence-corrected chi connectivity index (χ0v) is 10.9. The quantitative estimate of drug-likeness (QED) is 0.555. The number of nitrogens with one attached hydrogen (secondary N) is 1. The number of rotatable bonds is 1. The van der Waals surface area contributed by atoms with E-state index in [0.29, 0.717) is 5.65 Å². The van der Waals surface area contributed by atoms with Crippen molar-refractivity contribution in [1.82, 2.24) is 19.5 Å². The van der Waals surface area contributed by atoms with Crippen LogP contribution in [0, 0.1) is 0 Å². The summed E-state index contributed by atoms with van der Waals surface area (Å²) in [6.45, 7) is 0. The highest BCUT2D eigenvalue weighted by Gasteiger charge is 2.10. The van der Waals surface area contributed by atoms with Crippen LogP contribution in [0.2, 0.25) is 0 Å². The monoisotopic (exact) mass is 277 g/mol. The van der Waals surface area contributed by atoms with Crippen LogP contribution in [0.25, 0.3) is 27.6 Å². The fraction of sp³-hybridized carbons (Fsp3) is 0. The fourth-order valence-electron chi connectivity index (χ4n) is 2.44. The van der Waals surface area contributed by atoms with Gasteiger partial charge >= 0.3 is 0 Å².